The van der Waals surface area contributed by atoms with Crippen molar-refractivity contribution < 1.29 is 22.0 Å². The first kappa shape index (κ1) is 19.9. The van der Waals surface area contributed by atoms with Crippen LogP contribution in [-0.2, 0) is 0 Å². The van der Waals surface area contributed by atoms with Gasteiger partial charge in [-0.1, -0.05) is 18.2 Å². The molecule has 0 saturated heterocycles. The largest absolute Gasteiger partial charge is 0.341 e. The summed E-state index contributed by atoms with van der Waals surface area (Å²) in [5, 5.41) is 4.60. The third-order valence-electron chi connectivity index (χ3n) is 4.62. The van der Waals surface area contributed by atoms with Crippen LogP contribution in [0.2, 0.25) is 0 Å². The smallest absolute Gasteiger partial charge is 0.200 e. The fraction of sp³-hybridized carbons (Fsp3) is 0.250. The van der Waals surface area contributed by atoms with Crippen molar-refractivity contribution in [3.8, 4) is 0 Å². The predicted octanol–water partition coefficient (Wildman–Crippen LogP) is 5.98. The topological polar surface area (TPSA) is 29.3 Å². The first-order valence-corrected chi connectivity index (χ1v) is 8.57. The Hall–Kier alpha value is -2.90. The highest BCUT2D eigenvalue weighted by atomic mass is 19.2. The second-order valence-corrected chi connectivity index (χ2v) is 6.75. The number of fused-ring (bicyclic) bond motifs is 1. The zero-order chi connectivity index (χ0) is 20.7. The van der Waals surface area contributed by atoms with Gasteiger partial charge in [-0.15, -0.1) is 0 Å². The van der Waals surface area contributed by atoms with Gasteiger partial charge in [0.1, 0.15) is 5.69 Å². The van der Waals surface area contributed by atoms with Gasteiger partial charge in [0.05, 0.1) is 11.7 Å². The number of hydrogen-bond acceptors (Lipinski definition) is 2. The highest BCUT2D eigenvalue weighted by Crippen LogP contribution is 2.31. The predicted molar refractivity (Wildman–Crippen MR) is 99.2 cm³/mol. The summed E-state index contributed by atoms with van der Waals surface area (Å²) < 4.78 is 69.4. The minimum Gasteiger partial charge on any atom is -0.341 e. The van der Waals surface area contributed by atoms with E-state index in [1.54, 1.807) is 0 Å². The lowest BCUT2D eigenvalue weighted by atomic mass is 10.1. The van der Waals surface area contributed by atoms with Crippen molar-refractivity contribution in [1.29, 1.82) is 0 Å². The Morgan fingerprint density at radius 1 is 0.929 bits per heavy atom. The summed E-state index contributed by atoms with van der Waals surface area (Å²) in [6, 6.07) is 5.87. The molecule has 3 nitrogen and oxygen atoms in total. The van der Waals surface area contributed by atoms with Crippen LogP contribution in [0.4, 0.5) is 27.6 Å². The van der Waals surface area contributed by atoms with Gasteiger partial charge in [-0.3, -0.25) is 5.43 Å². The molecule has 0 amide bonds. The summed E-state index contributed by atoms with van der Waals surface area (Å²) in [7, 11) is 0. The Kier molecular flexibility index (Phi) is 5.14. The molecule has 1 heterocycles. The first-order valence-electron chi connectivity index (χ1n) is 8.57. The van der Waals surface area contributed by atoms with Crippen LogP contribution >= 0.6 is 0 Å². The van der Waals surface area contributed by atoms with E-state index >= 15 is 0 Å². The zero-order valence-electron chi connectivity index (χ0n) is 15.7. The Labute approximate surface area is 158 Å². The molecular weight excluding hydrogens is 377 g/mol. The average molecular weight is 395 g/mol. The molecule has 0 aliphatic rings. The number of rotatable bonds is 4. The molecule has 1 N–H and O–H groups in total. The van der Waals surface area contributed by atoms with Gasteiger partial charge in [0.15, 0.2) is 23.3 Å². The maximum atomic E-state index is 13.8. The molecule has 148 valence electrons. The van der Waals surface area contributed by atoms with Gasteiger partial charge in [0.2, 0.25) is 5.82 Å². The van der Waals surface area contributed by atoms with Crippen molar-refractivity contribution in [2.75, 3.05) is 5.43 Å². The number of nitrogens with zero attached hydrogens (tertiary/aromatic N) is 2. The molecule has 0 fully saturated rings. The molecule has 3 rings (SSSR count). The zero-order valence-corrected chi connectivity index (χ0v) is 15.7. The summed E-state index contributed by atoms with van der Waals surface area (Å²) in [5.41, 5.74) is 4.33. The molecule has 2 aromatic carbocycles. The van der Waals surface area contributed by atoms with E-state index < -0.39 is 34.8 Å². The number of hydrogen-bond donors (Lipinski definition) is 1. The van der Waals surface area contributed by atoms with E-state index in [0.29, 0.717) is 5.56 Å². The monoisotopic (exact) mass is 395 g/mol. The van der Waals surface area contributed by atoms with E-state index in [4.69, 9.17) is 0 Å². The van der Waals surface area contributed by atoms with Crippen molar-refractivity contribution >= 4 is 22.8 Å². The van der Waals surface area contributed by atoms with Crippen molar-refractivity contribution in [1.82, 2.24) is 4.57 Å². The van der Waals surface area contributed by atoms with Gasteiger partial charge in [-0.25, -0.2) is 22.0 Å². The second-order valence-electron chi connectivity index (χ2n) is 6.75. The van der Waals surface area contributed by atoms with Gasteiger partial charge in [-0.2, -0.15) is 5.10 Å². The quantitative estimate of drug-likeness (QED) is 0.190. The molecule has 8 heteroatoms. The maximum Gasteiger partial charge on any atom is 0.200 e. The molecule has 0 unspecified atom stereocenters. The van der Waals surface area contributed by atoms with Crippen molar-refractivity contribution in [3.05, 3.63) is 64.1 Å². The minimum atomic E-state index is -2.21. The van der Waals surface area contributed by atoms with Crippen molar-refractivity contribution in [2.45, 2.75) is 33.7 Å². The van der Waals surface area contributed by atoms with Gasteiger partial charge < -0.3 is 4.57 Å². The number of hydrazone groups is 1. The summed E-state index contributed by atoms with van der Waals surface area (Å²) >= 11 is 0. The molecule has 0 saturated carbocycles. The Balaban J connectivity index is 2.07. The van der Waals surface area contributed by atoms with E-state index in [2.05, 4.69) is 9.67 Å². The third kappa shape index (κ3) is 3.02. The molecule has 0 aliphatic carbocycles. The number of para-hydroxylation sites is 1. The average Bonchev–Trinajstić information content (AvgIpc) is 2.94. The van der Waals surface area contributed by atoms with Gasteiger partial charge >= 0.3 is 0 Å². The van der Waals surface area contributed by atoms with Gasteiger partial charge in [0.25, 0.3) is 0 Å². The van der Waals surface area contributed by atoms with Crippen LogP contribution in [0.25, 0.3) is 10.9 Å². The van der Waals surface area contributed by atoms with Gasteiger partial charge in [0, 0.05) is 22.7 Å². The molecule has 0 spiro atoms. The van der Waals surface area contributed by atoms with Crippen LogP contribution in [0, 0.1) is 42.9 Å². The minimum absolute atomic E-state index is 0.147. The highest BCUT2D eigenvalue weighted by molar-refractivity contribution is 6.02. The molecule has 0 radical (unpaired) electrons. The van der Waals surface area contributed by atoms with Crippen molar-refractivity contribution in [3.63, 3.8) is 0 Å². The second kappa shape index (κ2) is 7.26. The summed E-state index contributed by atoms with van der Waals surface area (Å²) in [4.78, 5) is 0. The molecular formula is C20H18F5N3. The fourth-order valence-corrected chi connectivity index (χ4v) is 3.36. The van der Waals surface area contributed by atoms with Crippen molar-refractivity contribution in [2.24, 2.45) is 5.10 Å². The summed E-state index contributed by atoms with van der Waals surface area (Å²) in [6.45, 7) is 7.88. The first-order chi connectivity index (χ1) is 13.2. The van der Waals surface area contributed by atoms with Crippen LogP contribution in [0.1, 0.15) is 36.7 Å². The number of benzene rings is 2. The molecule has 28 heavy (non-hydrogen) atoms. The van der Waals surface area contributed by atoms with Gasteiger partial charge in [-0.05, 0) is 33.3 Å². The summed E-state index contributed by atoms with van der Waals surface area (Å²) in [5.74, 6) is -10.2. The summed E-state index contributed by atoms with van der Waals surface area (Å²) in [6.07, 6.45) is 1.31. The number of aryl methyl sites for hydroxylation is 1. The fourth-order valence-electron chi connectivity index (χ4n) is 3.36. The number of aromatic nitrogens is 1. The number of nitrogens with one attached hydrogen (secondary N) is 1. The van der Waals surface area contributed by atoms with Crippen LogP contribution in [0.15, 0.2) is 23.3 Å². The lowest BCUT2D eigenvalue weighted by Crippen LogP contribution is -2.07. The van der Waals surface area contributed by atoms with E-state index in [1.807, 2.05) is 51.3 Å². The number of halogens is 5. The number of anilines is 1. The van der Waals surface area contributed by atoms with Crippen LogP contribution < -0.4 is 5.43 Å². The molecule has 1 aromatic heterocycles. The normalized spacial score (nSPS) is 11.9. The Morgan fingerprint density at radius 3 is 2.07 bits per heavy atom. The molecule has 0 atom stereocenters. The molecule has 3 aromatic rings. The van der Waals surface area contributed by atoms with E-state index in [-0.39, 0.29) is 6.04 Å². The SMILES string of the molecule is Cc1cccc2c(/C=N/Nc3c(F)c(F)c(F)c(F)c3F)c(C)n(C(C)C)c12. The van der Waals surface area contributed by atoms with Crippen LogP contribution in [0.3, 0.4) is 0 Å². The Bertz CT molecular complexity index is 1070. The van der Waals surface area contributed by atoms with E-state index in [1.165, 1.54) is 6.21 Å². The van der Waals surface area contributed by atoms with Crippen LogP contribution in [-0.4, -0.2) is 10.8 Å². The highest BCUT2D eigenvalue weighted by Gasteiger charge is 2.25. The lowest BCUT2D eigenvalue weighted by Gasteiger charge is -2.13. The molecule has 0 aliphatic heterocycles. The lowest BCUT2D eigenvalue weighted by molar-refractivity contribution is 0.381. The third-order valence-corrected chi connectivity index (χ3v) is 4.62. The molecule has 0 bridgehead atoms. The van der Waals surface area contributed by atoms with Crippen LogP contribution in [0.5, 0.6) is 0 Å². The Morgan fingerprint density at radius 2 is 1.50 bits per heavy atom. The standard InChI is InChI=1S/C20H18F5N3/c1-9(2)28-11(4)13(12-7-5-6-10(3)20(12)28)8-26-27-19-17(24)15(22)14(21)16(23)18(19)25/h5-9,27H,1-4H3/b26-8+. The van der Waals surface area contributed by atoms with E-state index in [9.17, 15) is 22.0 Å². The van der Waals surface area contributed by atoms with E-state index in [0.717, 1.165) is 22.2 Å². The maximum absolute atomic E-state index is 13.8.